The lowest BCUT2D eigenvalue weighted by Gasteiger charge is -2.14. The zero-order chi connectivity index (χ0) is 15.2. The zero-order valence-corrected chi connectivity index (χ0v) is 12.9. The molecule has 0 heterocycles. The molecular weight excluding hydrogens is 260 g/mol. The van der Waals surface area contributed by atoms with E-state index >= 15 is 0 Å². The molecule has 0 atom stereocenters. The molecule has 0 aliphatic rings. The summed E-state index contributed by atoms with van der Waals surface area (Å²) in [6.45, 7) is 6.75. The van der Waals surface area contributed by atoms with Gasteiger partial charge in [0.25, 0.3) is 0 Å². The summed E-state index contributed by atoms with van der Waals surface area (Å²) in [6, 6.07) is 15.6. The number of hydrogen-bond donors (Lipinski definition) is 0. The fourth-order valence-electron chi connectivity index (χ4n) is 2.27. The van der Waals surface area contributed by atoms with Gasteiger partial charge in [-0.25, -0.2) is 0 Å². The highest BCUT2D eigenvalue weighted by Gasteiger charge is 2.10. The van der Waals surface area contributed by atoms with Gasteiger partial charge < -0.3 is 4.74 Å². The molecule has 0 radical (unpaired) electrons. The number of ketones is 1. The molecule has 2 aromatic rings. The Labute approximate surface area is 126 Å². The van der Waals surface area contributed by atoms with E-state index in [1.165, 1.54) is 11.1 Å². The van der Waals surface area contributed by atoms with Crippen LogP contribution in [0.1, 0.15) is 47.7 Å². The van der Waals surface area contributed by atoms with Gasteiger partial charge in [-0.2, -0.15) is 0 Å². The van der Waals surface area contributed by atoms with Crippen molar-refractivity contribution in [2.45, 2.75) is 33.1 Å². The van der Waals surface area contributed by atoms with Crippen molar-refractivity contribution in [3.63, 3.8) is 0 Å². The number of hydrogen-bond acceptors (Lipinski definition) is 2. The van der Waals surface area contributed by atoms with E-state index in [9.17, 15) is 4.79 Å². The molecular formula is C19H22O2. The van der Waals surface area contributed by atoms with Crippen LogP contribution in [-0.2, 0) is 0 Å². The average molecular weight is 282 g/mol. The van der Waals surface area contributed by atoms with Crippen molar-refractivity contribution < 1.29 is 9.53 Å². The van der Waals surface area contributed by atoms with Crippen molar-refractivity contribution in [3.8, 4) is 5.75 Å². The third kappa shape index (κ3) is 4.19. The number of Topliss-reactive ketones (excluding diaryl/α,β-unsaturated/α-hetero) is 1. The van der Waals surface area contributed by atoms with Crippen molar-refractivity contribution in [2.75, 3.05) is 6.61 Å². The molecule has 2 aromatic carbocycles. The molecule has 0 saturated carbocycles. The van der Waals surface area contributed by atoms with E-state index in [4.69, 9.17) is 4.74 Å². The lowest BCUT2D eigenvalue weighted by Crippen LogP contribution is -2.08. The van der Waals surface area contributed by atoms with Crippen molar-refractivity contribution >= 4 is 5.78 Å². The molecule has 110 valence electrons. The maximum Gasteiger partial charge on any atom is 0.166 e. The molecule has 0 aliphatic carbocycles. The first kappa shape index (κ1) is 15.3. The number of ether oxygens (including phenoxy) is 1. The molecule has 0 aliphatic heterocycles. The minimum Gasteiger partial charge on any atom is -0.493 e. The van der Waals surface area contributed by atoms with E-state index in [0.717, 1.165) is 11.3 Å². The molecule has 0 fully saturated rings. The van der Waals surface area contributed by atoms with E-state index in [1.54, 1.807) is 0 Å². The Bertz CT molecular complexity index is 600. The second-order valence-electron chi connectivity index (χ2n) is 5.58. The predicted molar refractivity (Wildman–Crippen MR) is 86.2 cm³/mol. The summed E-state index contributed by atoms with van der Waals surface area (Å²) in [5, 5.41) is 0. The summed E-state index contributed by atoms with van der Waals surface area (Å²) in [7, 11) is 0. The van der Waals surface area contributed by atoms with Crippen LogP contribution in [0.3, 0.4) is 0 Å². The van der Waals surface area contributed by atoms with Crippen LogP contribution < -0.4 is 4.74 Å². The minimum atomic E-state index is 0.120. The van der Waals surface area contributed by atoms with E-state index in [-0.39, 0.29) is 5.78 Å². The lowest BCUT2D eigenvalue weighted by molar-refractivity contribution is 0.0962. The van der Waals surface area contributed by atoms with E-state index in [1.807, 2.05) is 43.3 Å². The zero-order valence-electron chi connectivity index (χ0n) is 12.9. The highest BCUT2D eigenvalue weighted by atomic mass is 16.5. The third-order valence-corrected chi connectivity index (χ3v) is 3.47. The van der Waals surface area contributed by atoms with E-state index < -0.39 is 0 Å². The minimum absolute atomic E-state index is 0.120. The molecule has 0 aromatic heterocycles. The first-order chi connectivity index (χ1) is 10.1. The van der Waals surface area contributed by atoms with Gasteiger partial charge in [-0.05, 0) is 30.0 Å². The summed E-state index contributed by atoms with van der Waals surface area (Å²) in [5.74, 6) is 1.42. The monoisotopic (exact) mass is 282 g/mol. The fourth-order valence-corrected chi connectivity index (χ4v) is 2.27. The van der Waals surface area contributed by atoms with Gasteiger partial charge in [-0.3, -0.25) is 4.79 Å². The normalized spacial score (nSPS) is 10.7. The summed E-state index contributed by atoms with van der Waals surface area (Å²) in [6.07, 6.45) is 0.398. The highest BCUT2D eigenvalue weighted by Crippen LogP contribution is 2.27. The standard InChI is InChI=1S/C19H22O2/c1-14(2)17-10-9-15(3)13-19(17)21-12-11-18(20)16-7-5-4-6-8-16/h4-10,13-14H,11-12H2,1-3H3. The van der Waals surface area contributed by atoms with Gasteiger partial charge in [-0.1, -0.05) is 56.3 Å². The molecule has 2 rings (SSSR count). The Hall–Kier alpha value is -2.09. The van der Waals surface area contributed by atoms with Gasteiger partial charge in [-0.15, -0.1) is 0 Å². The highest BCUT2D eigenvalue weighted by molar-refractivity contribution is 5.96. The summed E-state index contributed by atoms with van der Waals surface area (Å²) < 4.78 is 5.85. The van der Waals surface area contributed by atoms with Gasteiger partial charge >= 0.3 is 0 Å². The second kappa shape index (κ2) is 7.07. The fraction of sp³-hybridized carbons (Fsp3) is 0.316. The summed E-state index contributed by atoms with van der Waals surface area (Å²) in [4.78, 5) is 12.0. The topological polar surface area (TPSA) is 26.3 Å². The summed E-state index contributed by atoms with van der Waals surface area (Å²) in [5.41, 5.74) is 3.10. The van der Waals surface area contributed by atoms with Crippen LogP contribution in [0.5, 0.6) is 5.75 Å². The van der Waals surface area contributed by atoms with Crippen LogP contribution in [0, 0.1) is 6.92 Å². The van der Waals surface area contributed by atoms with Crippen molar-refractivity contribution in [1.82, 2.24) is 0 Å². The van der Waals surface area contributed by atoms with Crippen molar-refractivity contribution in [1.29, 1.82) is 0 Å². The number of carbonyl (C=O) groups excluding carboxylic acids is 1. The van der Waals surface area contributed by atoms with Crippen LogP contribution in [0.2, 0.25) is 0 Å². The largest absolute Gasteiger partial charge is 0.493 e. The Balaban J connectivity index is 1.98. The Kier molecular flexibility index (Phi) is 5.15. The van der Waals surface area contributed by atoms with Crippen LogP contribution in [0.25, 0.3) is 0 Å². The molecule has 0 unspecified atom stereocenters. The number of rotatable bonds is 6. The van der Waals surface area contributed by atoms with Crippen molar-refractivity contribution in [2.24, 2.45) is 0 Å². The maximum atomic E-state index is 12.0. The number of benzene rings is 2. The molecule has 0 amide bonds. The first-order valence-corrected chi connectivity index (χ1v) is 7.39. The van der Waals surface area contributed by atoms with Gasteiger partial charge in [0.05, 0.1) is 6.61 Å². The second-order valence-corrected chi connectivity index (χ2v) is 5.58. The Morgan fingerprint density at radius 2 is 1.81 bits per heavy atom. The van der Waals surface area contributed by atoms with Crippen LogP contribution >= 0.6 is 0 Å². The smallest absolute Gasteiger partial charge is 0.166 e. The molecule has 0 N–H and O–H groups in total. The van der Waals surface area contributed by atoms with Crippen LogP contribution in [-0.4, -0.2) is 12.4 Å². The first-order valence-electron chi connectivity index (χ1n) is 7.39. The van der Waals surface area contributed by atoms with Crippen LogP contribution in [0.15, 0.2) is 48.5 Å². The molecule has 0 saturated heterocycles. The molecule has 2 heteroatoms. The molecule has 0 bridgehead atoms. The average Bonchev–Trinajstić information content (AvgIpc) is 2.48. The number of carbonyl (C=O) groups is 1. The molecule has 21 heavy (non-hydrogen) atoms. The van der Waals surface area contributed by atoms with Crippen LogP contribution in [0.4, 0.5) is 0 Å². The van der Waals surface area contributed by atoms with E-state index in [2.05, 4.69) is 26.0 Å². The van der Waals surface area contributed by atoms with Gasteiger partial charge in [0, 0.05) is 12.0 Å². The maximum absolute atomic E-state index is 12.0. The number of aryl methyl sites for hydroxylation is 1. The molecule has 0 spiro atoms. The van der Waals surface area contributed by atoms with Gasteiger partial charge in [0.2, 0.25) is 0 Å². The van der Waals surface area contributed by atoms with Gasteiger partial charge in [0.15, 0.2) is 5.78 Å². The van der Waals surface area contributed by atoms with Crippen molar-refractivity contribution in [3.05, 3.63) is 65.2 Å². The Morgan fingerprint density at radius 3 is 2.48 bits per heavy atom. The Morgan fingerprint density at radius 1 is 1.10 bits per heavy atom. The van der Waals surface area contributed by atoms with E-state index in [0.29, 0.717) is 18.9 Å². The lowest BCUT2D eigenvalue weighted by atomic mass is 10.0. The SMILES string of the molecule is Cc1ccc(C(C)C)c(OCCC(=O)c2ccccc2)c1. The third-order valence-electron chi connectivity index (χ3n) is 3.47. The van der Waals surface area contributed by atoms with Gasteiger partial charge in [0.1, 0.15) is 5.75 Å². The predicted octanol–water partition coefficient (Wildman–Crippen LogP) is 4.77. The molecule has 2 nitrogen and oxygen atoms in total. The quantitative estimate of drug-likeness (QED) is 0.713. The summed E-state index contributed by atoms with van der Waals surface area (Å²) >= 11 is 0.